The Labute approximate surface area is 111 Å². The molecular weight excluding hydrogens is 246 g/mol. The van der Waals surface area contributed by atoms with E-state index < -0.39 is 23.8 Å². The molecule has 5 nitrogen and oxygen atoms in total. The standard InChI is InChI=1S/C14H17NO4/c16-13(17)11-6-10(7-12(11)14(18)19)15-8-9-4-2-1-3-5-9/h1-5,10-12,15H,6-8H2,(H,16,17)(H,18,19). The predicted octanol–water partition coefficient (Wildman–Crippen LogP) is 1.34. The maximum absolute atomic E-state index is 11.0. The van der Waals surface area contributed by atoms with Crippen LogP contribution in [0.25, 0.3) is 0 Å². The minimum absolute atomic E-state index is 0.0533. The minimum atomic E-state index is -1.02. The van der Waals surface area contributed by atoms with Crippen molar-refractivity contribution in [2.24, 2.45) is 11.8 Å². The van der Waals surface area contributed by atoms with E-state index in [0.717, 1.165) is 5.56 Å². The molecule has 0 amide bonds. The third-order valence-corrected chi connectivity index (χ3v) is 3.63. The summed E-state index contributed by atoms with van der Waals surface area (Å²) < 4.78 is 0. The van der Waals surface area contributed by atoms with Gasteiger partial charge in [-0.3, -0.25) is 9.59 Å². The van der Waals surface area contributed by atoms with Crippen molar-refractivity contribution in [2.75, 3.05) is 0 Å². The highest BCUT2D eigenvalue weighted by Gasteiger charge is 2.42. The van der Waals surface area contributed by atoms with Gasteiger partial charge in [-0.15, -0.1) is 0 Å². The van der Waals surface area contributed by atoms with Gasteiger partial charge in [0, 0.05) is 12.6 Å². The van der Waals surface area contributed by atoms with Crippen molar-refractivity contribution in [3.63, 3.8) is 0 Å². The fourth-order valence-electron chi connectivity index (χ4n) is 2.61. The average molecular weight is 263 g/mol. The molecule has 0 aromatic heterocycles. The summed E-state index contributed by atoms with van der Waals surface area (Å²) in [6.45, 7) is 0.629. The first-order chi connectivity index (χ1) is 9.08. The largest absolute Gasteiger partial charge is 0.481 e. The zero-order valence-corrected chi connectivity index (χ0v) is 10.5. The van der Waals surface area contributed by atoms with Gasteiger partial charge in [0.25, 0.3) is 0 Å². The lowest BCUT2D eigenvalue weighted by atomic mass is 9.97. The van der Waals surface area contributed by atoms with Crippen LogP contribution >= 0.6 is 0 Å². The molecule has 2 rings (SSSR count). The number of benzene rings is 1. The fourth-order valence-corrected chi connectivity index (χ4v) is 2.61. The van der Waals surface area contributed by atoms with Gasteiger partial charge in [-0.05, 0) is 18.4 Å². The highest BCUT2D eigenvalue weighted by atomic mass is 16.4. The van der Waals surface area contributed by atoms with Crippen molar-refractivity contribution in [1.82, 2.24) is 5.32 Å². The van der Waals surface area contributed by atoms with Gasteiger partial charge in [-0.1, -0.05) is 30.3 Å². The number of hydrogen-bond acceptors (Lipinski definition) is 3. The first kappa shape index (κ1) is 13.5. The van der Waals surface area contributed by atoms with Crippen LogP contribution in [-0.2, 0) is 16.1 Å². The minimum Gasteiger partial charge on any atom is -0.481 e. The van der Waals surface area contributed by atoms with Crippen molar-refractivity contribution in [3.8, 4) is 0 Å². The van der Waals surface area contributed by atoms with Gasteiger partial charge in [0.05, 0.1) is 11.8 Å². The zero-order chi connectivity index (χ0) is 13.8. The lowest BCUT2D eigenvalue weighted by Gasteiger charge is -2.12. The van der Waals surface area contributed by atoms with Crippen LogP contribution in [0.3, 0.4) is 0 Å². The molecule has 0 heterocycles. The summed E-state index contributed by atoms with van der Waals surface area (Å²) in [5.41, 5.74) is 1.10. The summed E-state index contributed by atoms with van der Waals surface area (Å²) in [5, 5.41) is 21.3. The van der Waals surface area contributed by atoms with E-state index in [4.69, 9.17) is 10.2 Å². The molecule has 2 unspecified atom stereocenters. The van der Waals surface area contributed by atoms with Crippen molar-refractivity contribution in [1.29, 1.82) is 0 Å². The van der Waals surface area contributed by atoms with Crippen LogP contribution < -0.4 is 5.32 Å². The Bertz CT molecular complexity index is 438. The molecule has 3 N–H and O–H groups in total. The molecule has 1 saturated carbocycles. The maximum Gasteiger partial charge on any atom is 0.307 e. The molecule has 1 aliphatic carbocycles. The third kappa shape index (κ3) is 3.32. The van der Waals surface area contributed by atoms with Crippen molar-refractivity contribution in [3.05, 3.63) is 35.9 Å². The van der Waals surface area contributed by atoms with Crippen molar-refractivity contribution >= 4 is 11.9 Å². The van der Waals surface area contributed by atoms with Crippen molar-refractivity contribution in [2.45, 2.75) is 25.4 Å². The number of hydrogen-bond donors (Lipinski definition) is 3. The smallest absolute Gasteiger partial charge is 0.307 e. The molecule has 0 bridgehead atoms. The molecule has 1 fully saturated rings. The molecule has 0 spiro atoms. The SMILES string of the molecule is O=C(O)C1CC(NCc2ccccc2)CC1C(=O)O. The predicted molar refractivity (Wildman–Crippen MR) is 68.6 cm³/mol. The number of aliphatic carboxylic acids is 2. The van der Waals surface area contributed by atoms with E-state index >= 15 is 0 Å². The summed E-state index contributed by atoms with van der Waals surface area (Å²) in [6.07, 6.45) is 0.748. The van der Waals surface area contributed by atoms with Gasteiger partial charge in [0.2, 0.25) is 0 Å². The Morgan fingerprint density at radius 1 is 1.05 bits per heavy atom. The molecule has 0 radical (unpaired) electrons. The summed E-state index contributed by atoms with van der Waals surface area (Å²) in [5.74, 6) is -3.61. The van der Waals surface area contributed by atoms with E-state index in [1.165, 1.54) is 0 Å². The van der Waals surface area contributed by atoms with Crippen LogP contribution in [0.1, 0.15) is 18.4 Å². The number of rotatable bonds is 5. The second-order valence-corrected chi connectivity index (χ2v) is 4.92. The summed E-state index contributed by atoms with van der Waals surface area (Å²) in [7, 11) is 0. The Morgan fingerprint density at radius 2 is 1.58 bits per heavy atom. The van der Waals surface area contributed by atoms with E-state index in [2.05, 4.69) is 5.32 Å². The fraction of sp³-hybridized carbons (Fsp3) is 0.429. The lowest BCUT2D eigenvalue weighted by molar-refractivity contribution is -0.152. The van der Waals surface area contributed by atoms with Crippen LogP contribution in [0.4, 0.5) is 0 Å². The molecule has 0 saturated heterocycles. The Hall–Kier alpha value is -1.88. The Balaban J connectivity index is 1.93. The second-order valence-electron chi connectivity index (χ2n) is 4.92. The van der Waals surface area contributed by atoms with Crippen molar-refractivity contribution < 1.29 is 19.8 Å². The van der Waals surface area contributed by atoms with Gasteiger partial charge in [0.15, 0.2) is 0 Å². The number of carbonyl (C=O) groups is 2. The zero-order valence-electron chi connectivity index (χ0n) is 10.5. The normalized spacial score (nSPS) is 26.2. The molecule has 1 aromatic carbocycles. The van der Waals surface area contributed by atoms with Crippen LogP contribution in [0.15, 0.2) is 30.3 Å². The quantitative estimate of drug-likeness (QED) is 0.746. The molecule has 5 heteroatoms. The molecule has 2 atom stereocenters. The molecule has 1 aromatic rings. The maximum atomic E-state index is 11.0. The molecule has 19 heavy (non-hydrogen) atoms. The van der Waals surface area contributed by atoms with E-state index in [-0.39, 0.29) is 6.04 Å². The van der Waals surface area contributed by atoms with E-state index in [1.54, 1.807) is 0 Å². The number of carboxylic acids is 2. The first-order valence-corrected chi connectivity index (χ1v) is 6.31. The monoisotopic (exact) mass is 263 g/mol. The average Bonchev–Trinajstić information content (AvgIpc) is 2.82. The van der Waals surface area contributed by atoms with Gasteiger partial charge in [-0.25, -0.2) is 0 Å². The summed E-state index contributed by atoms with van der Waals surface area (Å²) in [6, 6.07) is 9.70. The molecular formula is C14H17NO4. The Kier molecular flexibility index (Phi) is 4.16. The molecule has 0 aliphatic heterocycles. The second kappa shape index (κ2) is 5.84. The molecule has 1 aliphatic rings. The van der Waals surface area contributed by atoms with E-state index in [9.17, 15) is 9.59 Å². The summed E-state index contributed by atoms with van der Waals surface area (Å²) >= 11 is 0. The number of carboxylic acid groups (broad SMARTS) is 2. The lowest BCUT2D eigenvalue weighted by Crippen LogP contribution is -2.26. The van der Waals surface area contributed by atoms with Gasteiger partial charge >= 0.3 is 11.9 Å². The van der Waals surface area contributed by atoms with E-state index in [0.29, 0.717) is 19.4 Å². The first-order valence-electron chi connectivity index (χ1n) is 6.31. The van der Waals surface area contributed by atoms with Gasteiger partial charge < -0.3 is 15.5 Å². The third-order valence-electron chi connectivity index (χ3n) is 3.63. The Morgan fingerprint density at radius 3 is 2.05 bits per heavy atom. The number of nitrogens with one attached hydrogen (secondary N) is 1. The highest BCUT2D eigenvalue weighted by molar-refractivity contribution is 5.80. The van der Waals surface area contributed by atoms with Crippen LogP contribution in [0.2, 0.25) is 0 Å². The highest BCUT2D eigenvalue weighted by Crippen LogP contribution is 2.32. The van der Waals surface area contributed by atoms with Gasteiger partial charge in [-0.2, -0.15) is 0 Å². The topological polar surface area (TPSA) is 86.6 Å². The van der Waals surface area contributed by atoms with Crippen LogP contribution in [-0.4, -0.2) is 28.2 Å². The molecule has 102 valence electrons. The van der Waals surface area contributed by atoms with E-state index in [1.807, 2.05) is 30.3 Å². The van der Waals surface area contributed by atoms with Crippen LogP contribution in [0.5, 0.6) is 0 Å². The van der Waals surface area contributed by atoms with Gasteiger partial charge in [0.1, 0.15) is 0 Å². The van der Waals surface area contributed by atoms with Crippen LogP contribution in [0, 0.1) is 11.8 Å². The summed E-state index contributed by atoms with van der Waals surface area (Å²) in [4.78, 5) is 22.1.